The molecule has 1 atom stereocenters. The van der Waals surface area contributed by atoms with E-state index in [9.17, 15) is 13.2 Å². The van der Waals surface area contributed by atoms with Crippen LogP contribution in [0.2, 0.25) is 0 Å². The van der Waals surface area contributed by atoms with Crippen molar-refractivity contribution in [3.05, 3.63) is 59.7 Å². The normalized spacial score (nSPS) is 12.0. The van der Waals surface area contributed by atoms with Crippen molar-refractivity contribution in [1.29, 1.82) is 0 Å². The van der Waals surface area contributed by atoms with Gasteiger partial charge in [0.2, 0.25) is 5.91 Å². The van der Waals surface area contributed by atoms with Crippen LogP contribution in [0.1, 0.15) is 24.5 Å². The number of benzene rings is 2. The highest BCUT2D eigenvalue weighted by Gasteiger charge is 2.25. The smallest absolute Gasteiger partial charge is 0.264 e. The molecular weight excluding hydrogens is 398 g/mol. The summed E-state index contributed by atoms with van der Waals surface area (Å²) >= 11 is 0. The molecule has 0 bridgehead atoms. The number of hydrogen-bond acceptors (Lipinski definition) is 4. The van der Waals surface area contributed by atoms with E-state index in [1.165, 1.54) is 4.31 Å². The third-order valence-corrected chi connectivity index (χ3v) is 6.08. The SMILES string of the molecule is Cc1ccc(N(CCC(=O)N[C@@H](C)CN)S(=O)(=O)c2ccc(C)cc2)cc1.Cl. The first-order chi connectivity index (χ1) is 12.7. The van der Waals surface area contributed by atoms with Gasteiger partial charge in [-0.25, -0.2) is 8.42 Å². The average molecular weight is 426 g/mol. The zero-order valence-corrected chi connectivity index (χ0v) is 18.0. The Hall–Kier alpha value is -2.09. The predicted octanol–water partition coefficient (Wildman–Crippen LogP) is 2.77. The second-order valence-corrected chi connectivity index (χ2v) is 8.54. The number of nitrogens with one attached hydrogen (secondary N) is 1. The average Bonchev–Trinajstić information content (AvgIpc) is 2.63. The van der Waals surface area contributed by atoms with Gasteiger partial charge >= 0.3 is 0 Å². The molecule has 0 radical (unpaired) electrons. The lowest BCUT2D eigenvalue weighted by atomic mass is 10.2. The number of anilines is 1. The summed E-state index contributed by atoms with van der Waals surface area (Å²) in [6.45, 7) is 6.01. The first kappa shape index (κ1) is 23.9. The summed E-state index contributed by atoms with van der Waals surface area (Å²) in [5.74, 6) is -0.232. The molecular formula is C20H28ClN3O3S. The molecule has 0 aliphatic rings. The number of sulfonamides is 1. The van der Waals surface area contributed by atoms with E-state index in [-0.39, 0.29) is 42.2 Å². The Bertz CT molecular complexity index is 869. The number of nitrogens with zero attached hydrogens (tertiary/aromatic N) is 1. The van der Waals surface area contributed by atoms with Gasteiger partial charge in [0.25, 0.3) is 10.0 Å². The number of aryl methyl sites for hydroxylation is 2. The number of halogens is 1. The highest BCUT2D eigenvalue weighted by Crippen LogP contribution is 2.24. The Morgan fingerprint density at radius 2 is 1.54 bits per heavy atom. The molecule has 0 aliphatic carbocycles. The van der Waals surface area contributed by atoms with Crippen molar-refractivity contribution in [1.82, 2.24) is 5.32 Å². The molecule has 0 spiro atoms. The maximum absolute atomic E-state index is 13.2. The monoisotopic (exact) mass is 425 g/mol. The molecule has 0 unspecified atom stereocenters. The van der Waals surface area contributed by atoms with E-state index in [0.717, 1.165) is 11.1 Å². The van der Waals surface area contributed by atoms with Gasteiger partial charge in [0.05, 0.1) is 10.6 Å². The van der Waals surface area contributed by atoms with Crippen molar-refractivity contribution in [3.8, 4) is 0 Å². The van der Waals surface area contributed by atoms with Crippen LogP contribution in [-0.2, 0) is 14.8 Å². The largest absolute Gasteiger partial charge is 0.352 e. The lowest BCUT2D eigenvalue weighted by Crippen LogP contribution is -2.40. The first-order valence-electron chi connectivity index (χ1n) is 8.89. The molecule has 1 amide bonds. The molecule has 2 aromatic carbocycles. The zero-order chi connectivity index (χ0) is 20.0. The second kappa shape index (κ2) is 10.5. The molecule has 0 saturated heterocycles. The van der Waals surface area contributed by atoms with Crippen LogP contribution in [0.4, 0.5) is 5.69 Å². The number of rotatable bonds is 8. The molecule has 0 aromatic heterocycles. The number of carbonyl (C=O) groups is 1. The summed E-state index contributed by atoms with van der Waals surface area (Å²) in [5.41, 5.74) is 8.05. The second-order valence-electron chi connectivity index (χ2n) is 6.68. The molecule has 2 aromatic rings. The maximum atomic E-state index is 13.2. The van der Waals surface area contributed by atoms with Crippen LogP contribution in [0, 0.1) is 13.8 Å². The topological polar surface area (TPSA) is 92.5 Å². The number of amides is 1. The van der Waals surface area contributed by atoms with Crippen LogP contribution in [0.15, 0.2) is 53.4 Å². The van der Waals surface area contributed by atoms with Gasteiger partial charge in [-0.2, -0.15) is 0 Å². The van der Waals surface area contributed by atoms with E-state index >= 15 is 0 Å². The summed E-state index contributed by atoms with van der Waals surface area (Å²) in [7, 11) is -3.78. The summed E-state index contributed by atoms with van der Waals surface area (Å²) in [6.07, 6.45) is 0.0449. The third-order valence-electron chi connectivity index (χ3n) is 4.23. The van der Waals surface area contributed by atoms with E-state index in [1.54, 1.807) is 43.3 Å². The number of hydrogen-bond donors (Lipinski definition) is 2. The predicted molar refractivity (Wildman–Crippen MR) is 115 cm³/mol. The highest BCUT2D eigenvalue weighted by molar-refractivity contribution is 7.92. The van der Waals surface area contributed by atoms with Gasteiger partial charge in [-0.3, -0.25) is 9.10 Å². The quantitative estimate of drug-likeness (QED) is 0.680. The molecule has 0 heterocycles. The fourth-order valence-corrected chi connectivity index (χ4v) is 4.01. The van der Waals surface area contributed by atoms with Gasteiger partial charge < -0.3 is 11.1 Å². The zero-order valence-electron chi connectivity index (χ0n) is 16.4. The van der Waals surface area contributed by atoms with Gasteiger partial charge in [0, 0.05) is 25.6 Å². The number of nitrogens with two attached hydrogens (primary N) is 1. The Balaban J connectivity index is 0.00000392. The molecule has 154 valence electrons. The molecule has 3 N–H and O–H groups in total. The summed E-state index contributed by atoms with van der Waals surface area (Å²) < 4.78 is 27.7. The van der Waals surface area contributed by atoms with Crippen molar-refractivity contribution in [2.24, 2.45) is 5.73 Å². The molecule has 0 aliphatic heterocycles. The highest BCUT2D eigenvalue weighted by atomic mass is 35.5. The van der Waals surface area contributed by atoms with Gasteiger partial charge in [0.1, 0.15) is 0 Å². The summed E-state index contributed by atoms with van der Waals surface area (Å²) in [6, 6.07) is 13.7. The maximum Gasteiger partial charge on any atom is 0.264 e. The van der Waals surface area contributed by atoms with Crippen LogP contribution in [0.25, 0.3) is 0 Å². The Morgan fingerprint density at radius 1 is 1.04 bits per heavy atom. The Labute approximate surface area is 173 Å². The van der Waals surface area contributed by atoms with Crippen LogP contribution in [0.5, 0.6) is 0 Å². The minimum Gasteiger partial charge on any atom is -0.352 e. The van der Waals surface area contributed by atoms with Crippen LogP contribution < -0.4 is 15.4 Å². The fourth-order valence-electron chi connectivity index (χ4n) is 2.55. The first-order valence-corrected chi connectivity index (χ1v) is 10.3. The molecule has 2 rings (SSSR count). The van der Waals surface area contributed by atoms with Gasteiger partial charge in [-0.1, -0.05) is 35.4 Å². The van der Waals surface area contributed by atoms with Gasteiger partial charge in [0.15, 0.2) is 0 Å². The minimum absolute atomic E-state index is 0. The molecule has 6 nitrogen and oxygen atoms in total. The molecule has 0 saturated carbocycles. The van der Waals surface area contributed by atoms with E-state index in [2.05, 4.69) is 5.32 Å². The summed E-state index contributed by atoms with van der Waals surface area (Å²) in [4.78, 5) is 12.3. The van der Waals surface area contributed by atoms with Crippen LogP contribution >= 0.6 is 12.4 Å². The van der Waals surface area contributed by atoms with E-state index in [1.807, 2.05) is 26.0 Å². The van der Waals surface area contributed by atoms with Crippen LogP contribution in [0.3, 0.4) is 0 Å². The van der Waals surface area contributed by atoms with Gasteiger partial charge in [-0.15, -0.1) is 12.4 Å². The molecule has 28 heavy (non-hydrogen) atoms. The lowest BCUT2D eigenvalue weighted by molar-refractivity contribution is -0.121. The lowest BCUT2D eigenvalue weighted by Gasteiger charge is -2.25. The Kier molecular flexibility index (Phi) is 8.94. The van der Waals surface area contributed by atoms with E-state index in [0.29, 0.717) is 12.2 Å². The van der Waals surface area contributed by atoms with Crippen molar-refractivity contribution < 1.29 is 13.2 Å². The number of carbonyl (C=O) groups excluding carboxylic acids is 1. The standard InChI is InChI=1S/C20H27N3O3S.ClH/c1-15-4-8-18(9-5-15)23(13-12-20(24)22-17(3)14-21)27(25,26)19-10-6-16(2)7-11-19;/h4-11,17H,12-14,21H2,1-3H3,(H,22,24);1H/t17-;/m0./s1. The van der Waals surface area contributed by atoms with E-state index < -0.39 is 10.0 Å². The molecule has 0 fully saturated rings. The Morgan fingerprint density at radius 3 is 2.04 bits per heavy atom. The fraction of sp³-hybridized carbons (Fsp3) is 0.350. The van der Waals surface area contributed by atoms with Crippen molar-refractivity contribution >= 4 is 34.0 Å². The third kappa shape index (κ3) is 6.22. The van der Waals surface area contributed by atoms with E-state index in [4.69, 9.17) is 5.73 Å². The van der Waals surface area contributed by atoms with Crippen molar-refractivity contribution in [2.45, 2.75) is 38.1 Å². The van der Waals surface area contributed by atoms with Gasteiger partial charge in [-0.05, 0) is 45.0 Å². The van der Waals surface area contributed by atoms with Crippen molar-refractivity contribution in [3.63, 3.8) is 0 Å². The molecule has 8 heteroatoms. The minimum atomic E-state index is -3.78. The van der Waals surface area contributed by atoms with Crippen molar-refractivity contribution in [2.75, 3.05) is 17.4 Å². The van der Waals surface area contributed by atoms with Crippen LogP contribution in [-0.4, -0.2) is 33.5 Å². The summed E-state index contributed by atoms with van der Waals surface area (Å²) in [5, 5.41) is 2.76.